The molecule has 0 N–H and O–H groups in total. The number of hydrogen-bond donors (Lipinski definition) is 0. The minimum absolute atomic E-state index is 0. The predicted molar refractivity (Wildman–Crippen MR) is 85.0 cm³/mol. The maximum Gasteiger partial charge on any atom is 1.00 e. The zero-order valence-electron chi connectivity index (χ0n) is 11.6. The van der Waals surface area contributed by atoms with Crippen LogP contribution < -0.4 is 24.0 Å². The van der Waals surface area contributed by atoms with Crippen molar-refractivity contribution in [2.45, 2.75) is 18.0 Å². The molecule has 2 aromatic rings. The molecule has 19 heavy (non-hydrogen) atoms. The van der Waals surface area contributed by atoms with Crippen molar-refractivity contribution in [1.29, 1.82) is 0 Å². The molecule has 0 aliphatic heterocycles. The van der Waals surface area contributed by atoms with Crippen molar-refractivity contribution in [3.8, 4) is 0 Å². The summed E-state index contributed by atoms with van der Waals surface area (Å²) in [5.41, 5.74) is 0. The van der Waals surface area contributed by atoms with Crippen molar-refractivity contribution in [2.75, 3.05) is 0 Å². The summed E-state index contributed by atoms with van der Waals surface area (Å²) in [5, 5.41) is 1.37. The topological polar surface area (TPSA) is 0 Å². The fraction of sp³-hybridized carbons (Fsp3) is 0.133. The first kappa shape index (κ1) is 16.9. The Morgan fingerprint density at radius 2 is 1.37 bits per heavy atom. The average molecular weight is 299 g/mol. The summed E-state index contributed by atoms with van der Waals surface area (Å²) in [6.45, 7) is 4.58. The first-order valence-electron chi connectivity index (χ1n) is 5.92. The van der Waals surface area contributed by atoms with Gasteiger partial charge < -0.3 is 11.6 Å². The van der Waals surface area contributed by atoms with Crippen molar-refractivity contribution in [1.82, 2.24) is 0 Å². The van der Waals surface area contributed by atoms with Crippen LogP contribution in [0.3, 0.4) is 0 Å². The average Bonchev–Trinajstić information content (AvgIpc) is 2.41. The van der Waals surface area contributed by atoms with E-state index in [0.29, 0.717) is 0 Å². The van der Waals surface area contributed by atoms with Gasteiger partial charge in [-0.15, -0.1) is 0 Å². The third-order valence-corrected chi connectivity index (χ3v) is 9.87. The number of hydrogen-bond acceptors (Lipinski definition) is 1. The summed E-state index contributed by atoms with van der Waals surface area (Å²) in [5.74, 6) is 0. The monoisotopic (exact) mass is 298 g/mol. The van der Waals surface area contributed by atoms with Crippen LogP contribution in [0.5, 0.6) is 0 Å². The molecule has 0 heterocycles. The van der Waals surface area contributed by atoms with Gasteiger partial charge in [0.25, 0.3) is 0 Å². The van der Waals surface area contributed by atoms with Gasteiger partial charge in [0.2, 0.25) is 0 Å². The fourth-order valence-electron chi connectivity index (χ4n) is 1.69. The smallest absolute Gasteiger partial charge is 0.336 e. The second kappa shape index (κ2) is 7.62. The molecule has 0 amide bonds. The second-order valence-corrected chi connectivity index (χ2v) is 11.4. The van der Waals surface area contributed by atoms with E-state index in [-0.39, 0.29) is 18.9 Å². The molecule has 0 aromatic heterocycles. The van der Waals surface area contributed by atoms with Crippen LogP contribution in [0.2, 0.25) is 13.1 Å². The Balaban J connectivity index is 0.00000180. The van der Waals surface area contributed by atoms with Crippen LogP contribution >= 0.6 is 23.4 Å². The molecule has 0 saturated heterocycles. The Hall–Kier alpha value is -0.106. The summed E-state index contributed by atoms with van der Waals surface area (Å²) in [6.07, 6.45) is 0. The van der Waals surface area contributed by atoms with Crippen molar-refractivity contribution >= 4 is 36.6 Å². The van der Waals surface area contributed by atoms with E-state index in [0.717, 1.165) is 4.33 Å². The number of benzene rings is 2. The standard InChI is InChI=1S/C15H16ClSSi.Li/c1-18(2,14-11-7-4-8-12-14)15(16)17-13-9-5-3-6-10-13;/h3-12H,1-2H3;/q-1;+1. The van der Waals surface area contributed by atoms with Gasteiger partial charge in [-0.3, -0.25) is 11.8 Å². The number of halogens is 1. The molecule has 2 aromatic carbocycles. The predicted octanol–water partition coefficient (Wildman–Crippen LogP) is 1.67. The summed E-state index contributed by atoms with van der Waals surface area (Å²) < 4.78 is 1.03. The van der Waals surface area contributed by atoms with E-state index in [1.165, 1.54) is 10.1 Å². The maximum absolute atomic E-state index is 6.58. The van der Waals surface area contributed by atoms with E-state index in [1.807, 2.05) is 24.3 Å². The van der Waals surface area contributed by atoms with E-state index in [2.05, 4.69) is 49.5 Å². The SMILES string of the molecule is C[Si](C)(c1ccccc1)[C-](Cl)Sc1ccccc1.[Li+]. The van der Waals surface area contributed by atoms with Crippen LogP contribution in [0.15, 0.2) is 65.6 Å². The normalized spacial score (nSPS) is 11.2. The van der Waals surface area contributed by atoms with Crippen molar-refractivity contribution in [3.05, 3.63) is 65.0 Å². The minimum atomic E-state index is -1.72. The van der Waals surface area contributed by atoms with E-state index >= 15 is 0 Å². The van der Waals surface area contributed by atoms with Crippen molar-refractivity contribution < 1.29 is 18.9 Å². The first-order valence-corrected chi connectivity index (χ1v) is 10.1. The zero-order chi connectivity index (χ0) is 13.0. The van der Waals surface area contributed by atoms with Gasteiger partial charge in [-0.1, -0.05) is 78.9 Å². The molecule has 0 spiro atoms. The first-order chi connectivity index (χ1) is 8.60. The van der Waals surface area contributed by atoms with Crippen LogP contribution in [0, 0.1) is 4.33 Å². The second-order valence-electron chi connectivity index (χ2n) is 4.68. The molecule has 0 saturated carbocycles. The van der Waals surface area contributed by atoms with Gasteiger partial charge >= 0.3 is 18.9 Å². The molecule has 0 unspecified atom stereocenters. The molecule has 4 heteroatoms. The molecule has 0 aliphatic carbocycles. The van der Waals surface area contributed by atoms with Crippen LogP contribution in [0.1, 0.15) is 0 Å². The Bertz CT molecular complexity index is 490. The van der Waals surface area contributed by atoms with E-state index in [4.69, 9.17) is 11.6 Å². The Labute approximate surface area is 138 Å². The Morgan fingerprint density at radius 3 is 1.89 bits per heavy atom. The molecule has 0 bridgehead atoms. The zero-order valence-corrected chi connectivity index (χ0v) is 14.1. The van der Waals surface area contributed by atoms with Crippen LogP contribution in [0.25, 0.3) is 0 Å². The molecule has 0 atom stereocenters. The van der Waals surface area contributed by atoms with E-state index in [9.17, 15) is 0 Å². The van der Waals surface area contributed by atoms with Gasteiger partial charge in [-0.2, -0.15) is 4.33 Å². The van der Waals surface area contributed by atoms with E-state index in [1.54, 1.807) is 11.8 Å². The molecule has 94 valence electrons. The summed E-state index contributed by atoms with van der Waals surface area (Å²) in [7, 11) is -1.72. The van der Waals surface area contributed by atoms with Gasteiger partial charge in [0.05, 0.1) is 0 Å². The molecular weight excluding hydrogens is 283 g/mol. The van der Waals surface area contributed by atoms with Crippen LogP contribution in [-0.4, -0.2) is 8.07 Å². The van der Waals surface area contributed by atoms with Gasteiger partial charge in [0.1, 0.15) is 0 Å². The Kier molecular flexibility index (Phi) is 6.79. The molecule has 0 aliphatic rings. The molecule has 2 rings (SSSR count). The summed E-state index contributed by atoms with van der Waals surface area (Å²) in [6, 6.07) is 20.9. The molecule has 0 fully saturated rings. The fourth-order valence-corrected chi connectivity index (χ4v) is 5.76. The van der Waals surface area contributed by atoms with Crippen molar-refractivity contribution in [2.24, 2.45) is 0 Å². The van der Waals surface area contributed by atoms with Crippen molar-refractivity contribution in [3.63, 3.8) is 0 Å². The summed E-state index contributed by atoms with van der Waals surface area (Å²) >= 11 is 8.27. The third-order valence-electron chi connectivity index (χ3n) is 2.94. The minimum Gasteiger partial charge on any atom is -0.336 e. The van der Waals surface area contributed by atoms with E-state index < -0.39 is 8.07 Å². The Morgan fingerprint density at radius 1 is 0.895 bits per heavy atom. The molecule has 0 nitrogen and oxygen atoms in total. The third kappa shape index (κ3) is 4.44. The quantitative estimate of drug-likeness (QED) is 0.470. The van der Waals surface area contributed by atoms with Gasteiger partial charge in [-0.05, 0) is 13.0 Å². The summed E-state index contributed by atoms with van der Waals surface area (Å²) in [4.78, 5) is 1.21. The van der Waals surface area contributed by atoms with Gasteiger partial charge in [-0.25, -0.2) is 0 Å². The number of rotatable bonds is 4. The largest absolute Gasteiger partial charge is 1.00 e. The van der Waals surface area contributed by atoms with Gasteiger partial charge in [0, 0.05) is 0 Å². The van der Waals surface area contributed by atoms with Gasteiger partial charge in [0.15, 0.2) is 0 Å². The number of thioether (sulfide) groups is 1. The maximum atomic E-state index is 6.58. The van der Waals surface area contributed by atoms with Crippen LogP contribution in [0.4, 0.5) is 0 Å². The van der Waals surface area contributed by atoms with Crippen LogP contribution in [-0.2, 0) is 0 Å². The molecular formula is C15H16ClLiSSi. The molecule has 0 radical (unpaired) electrons.